The second kappa shape index (κ2) is 5.85. The Morgan fingerprint density at radius 2 is 2.10 bits per heavy atom. The monoisotopic (exact) mass is 314 g/mol. The number of carbonyl (C=O) groups is 1. The fourth-order valence-corrected chi connectivity index (χ4v) is 3.39. The van der Waals surface area contributed by atoms with Gasteiger partial charge in [-0.3, -0.25) is 9.69 Å². The van der Waals surface area contributed by atoms with Crippen molar-refractivity contribution in [2.24, 2.45) is 11.8 Å². The number of anilines is 1. The van der Waals surface area contributed by atoms with Crippen molar-refractivity contribution in [2.75, 3.05) is 38.0 Å². The summed E-state index contributed by atoms with van der Waals surface area (Å²) < 4.78 is 0. The molecule has 2 fully saturated rings. The molecule has 0 saturated carbocycles. The summed E-state index contributed by atoms with van der Waals surface area (Å²) in [7, 11) is 0. The van der Waals surface area contributed by atoms with E-state index in [1.807, 2.05) is 0 Å². The van der Waals surface area contributed by atoms with Crippen LogP contribution in [0.3, 0.4) is 0 Å². The molecule has 2 atom stereocenters. The molecule has 1 amide bonds. The minimum atomic E-state index is -0.0883. The highest BCUT2D eigenvalue weighted by atomic mass is 35.5. The Morgan fingerprint density at radius 1 is 1.40 bits per heavy atom. The number of amides is 1. The lowest BCUT2D eigenvalue weighted by atomic mass is 10.0. The SMILES string of the molecule is O=C(CN1C[C@H]2CNC[C@H]2C1)Nc1ncc(Cl)cc1Cl. The summed E-state index contributed by atoms with van der Waals surface area (Å²) in [4.78, 5) is 18.2. The van der Waals surface area contributed by atoms with Crippen molar-refractivity contribution in [1.82, 2.24) is 15.2 Å². The van der Waals surface area contributed by atoms with E-state index in [1.54, 1.807) is 6.07 Å². The number of halogens is 2. The topological polar surface area (TPSA) is 57.3 Å². The highest BCUT2D eigenvalue weighted by Crippen LogP contribution is 2.26. The first-order valence-electron chi connectivity index (χ1n) is 6.66. The average molecular weight is 315 g/mol. The predicted molar refractivity (Wildman–Crippen MR) is 79.2 cm³/mol. The van der Waals surface area contributed by atoms with Gasteiger partial charge in [-0.1, -0.05) is 23.2 Å². The van der Waals surface area contributed by atoms with Gasteiger partial charge >= 0.3 is 0 Å². The molecule has 1 aromatic heterocycles. The molecule has 20 heavy (non-hydrogen) atoms. The van der Waals surface area contributed by atoms with Crippen LogP contribution in [0.4, 0.5) is 5.82 Å². The Labute approximate surface area is 127 Å². The third-order valence-electron chi connectivity index (χ3n) is 3.90. The number of nitrogens with zero attached hydrogens (tertiary/aromatic N) is 2. The van der Waals surface area contributed by atoms with Gasteiger partial charge in [0, 0.05) is 19.3 Å². The lowest BCUT2D eigenvalue weighted by Gasteiger charge is -2.16. The molecule has 0 spiro atoms. The maximum Gasteiger partial charge on any atom is 0.239 e. The Bertz CT molecular complexity index is 513. The van der Waals surface area contributed by atoms with E-state index >= 15 is 0 Å². The highest BCUT2D eigenvalue weighted by Gasteiger charge is 2.36. The van der Waals surface area contributed by atoms with Gasteiger partial charge < -0.3 is 10.6 Å². The van der Waals surface area contributed by atoms with Crippen LogP contribution in [0.25, 0.3) is 0 Å². The summed E-state index contributed by atoms with van der Waals surface area (Å²) in [6, 6.07) is 1.57. The zero-order chi connectivity index (χ0) is 14.1. The third kappa shape index (κ3) is 3.06. The number of rotatable bonds is 3. The zero-order valence-corrected chi connectivity index (χ0v) is 12.4. The van der Waals surface area contributed by atoms with E-state index in [0.29, 0.717) is 34.2 Å². The second-order valence-corrected chi connectivity index (χ2v) is 6.25. The average Bonchev–Trinajstić information content (AvgIpc) is 2.93. The fraction of sp³-hybridized carbons (Fsp3) is 0.538. The molecule has 2 aliphatic heterocycles. The first-order valence-corrected chi connectivity index (χ1v) is 7.41. The molecule has 1 aromatic rings. The molecular formula is C13H16Cl2N4O. The van der Waals surface area contributed by atoms with E-state index in [2.05, 4.69) is 20.5 Å². The van der Waals surface area contributed by atoms with Gasteiger partial charge in [0.25, 0.3) is 0 Å². The minimum Gasteiger partial charge on any atom is -0.316 e. The molecule has 2 aliphatic rings. The van der Waals surface area contributed by atoms with Crippen LogP contribution in [0.5, 0.6) is 0 Å². The summed E-state index contributed by atoms with van der Waals surface area (Å²) >= 11 is 11.8. The molecule has 0 aliphatic carbocycles. The largest absolute Gasteiger partial charge is 0.316 e. The molecule has 3 heterocycles. The number of pyridine rings is 1. The van der Waals surface area contributed by atoms with Crippen LogP contribution in [-0.4, -0.2) is 48.5 Å². The lowest BCUT2D eigenvalue weighted by molar-refractivity contribution is -0.117. The van der Waals surface area contributed by atoms with Crippen molar-refractivity contribution in [2.45, 2.75) is 0 Å². The Kier molecular flexibility index (Phi) is 4.12. The molecule has 0 radical (unpaired) electrons. The van der Waals surface area contributed by atoms with Crippen LogP contribution in [-0.2, 0) is 4.79 Å². The summed E-state index contributed by atoms with van der Waals surface area (Å²) in [5.41, 5.74) is 0. The predicted octanol–water partition coefficient (Wildman–Crippen LogP) is 1.48. The van der Waals surface area contributed by atoms with Crippen molar-refractivity contribution in [3.63, 3.8) is 0 Å². The maximum absolute atomic E-state index is 12.0. The molecule has 2 saturated heterocycles. The molecule has 0 aromatic carbocycles. The van der Waals surface area contributed by atoms with E-state index in [-0.39, 0.29) is 5.91 Å². The van der Waals surface area contributed by atoms with Crippen molar-refractivity contribution in [3.8, 4) is 0 Å². The van der Waals surface area contributed by atoms with E-state index < -0.39 is 0 Å². The molecule has 0 unspecified atom stereocenters. The molecule has 0 bridgehead atoms. The smallest absolute Gasteiger partial charge is 0.239 e. The van der Waals surface area contributed by atoms with Crippen molar-refractivity contribution < 1.29 is 4.79 Å². The first-order chi connectivity index (χ1) is 9.61. The molecule has 5 nitrogen and oxygen atoms in total. The Hall–Kier alpha value is -0.880. The van der Waals surface area contributed by atoms with Crippen molar-refractivity contribution >= 4 is 34.9 Å². The normalized spacial score (nSPS) is 25.7. The van der Waals surface area contributed by atoms with Gasteiger partial charge in [0.2, 0.25) is 5.91 Å². The van der Waals surface area contributed by atoms with Gasteiger partial charge in [0.15, 0.2) is 5.82 Å². The number of aromatic nitrogens is 1. The third-order valence-corrected chi connectivity index (χ3v) is 4.39. The number of hydrogen-bond donors (Lipinski definition) is 2. The number of carbonyl (C=O) groups excluding carboxylic acids is 1. The molecule has 7 heteroatoms. The zero-order valence-electron chi connectivity index (χ0n) is 10.9. The Morgan fingerprint density at radius 3 is 2.75 bits per heavy atom. The standard InChI is InChI=1S/C13H16Cl2N4O/c14-10-1-11(15)13(17-4-10)18-12(20)7-19-5-8-2-16-3-9(8)6-19/h1,4,8-9,16H,2-3,5-7H2,(H,17,18,20)/t8-,9+. The van der Waals surface area contributed by atoms with Crippen LogP contribution in [0.2, 0.25) is 10.0 Å². The summed E-state index contributed by atoms with van der Waals surface area (Å²) in [5, 5.41) is 6.92. The van der Waals surface area contributed by atoms with E-state index in [4.69, 9.17) is 23.2 Å². The minimum absolute atomic E-state index is 0.0883. The fourth-order valence-electron chi connectivity index (χ4n) is 2.96. The van der Waals surface area contributed by atoms with Gasteiger partial charge in [-0.25, -0.2) is 4.98 Å². The molecule has 108 valence electrons. The van der Waals surface area contributed by atoms with Gasteiger partial charge in [0.05, 0.1) is 16.6 Å². The van der Waals surface area contributed by atoms with Gasteiger partial charge in [-0.15, -0.1) is 0 Å². The van der Waals surface area contributed by atoms with E-state index in [9.17, 15) is 4.79 Å². The van der Waals surface area contributed by atoms with Crippen LogP contribution in [0.15, 0.2) is 12.3 Å². The number of likely N-dealkylation sites (tertiary alicyclic amines) is 1. The highest BCUT2D eigenvalue weighted by molar-refractivity contribution is 6.36. The summed E-state index contributed by atoms with van der Waals surface area (Å²) in [5.74, 6) is 1.64. The van der Waals surface area contributed by atoms with Crippen LogP contribution >= 0.6 is 23.2 Å². The molecule has 2 N–H and O–H groups in total. The van der Waals surface area contributed by atoms with Crippen molar-refractivity contribution in [1.29, 1.82) is 0 Å². The van der Waals surface area contributed by atoms with E-state index in [1.165, 1.54) is 6.20 Å². The summed E-state index contributed by atoms with van der Waals surface area (Å²) in [6.45, 7) is 4.47. The number of fused-ring (bicyclic) bond motifs is 1. The van der Waals surface area contributed by atoms with E-state index in [0.717, 1.165) is 26.2 Å². The van der Waals surface area contributed by atoms with Crippen LogP contribution in [0, 0.1) is 11.8 Å². The van der Waals surface area contributed by atoms with Crippen molar-refractivity contribution in [3.05, 3.63) is 22.3 Å². The maximum atomic E-state index is 12.0. The van der Waals surface area contributed by atoms with Gasteiger partial charge in [-0.05, 0) is 31.0 Å². The summed E-state index contributed by atoms with van der Waals surface area (Å²) in [6.07, 6.45) is 1.47. The molecule has 3 rings (SSSR count). The second-order valence-electron chi connectivity index (χ2n) is 5.40. The lowest BCUT2D eigenvalue weighted by Crippen LogP contribution is -2.34. The first kappa shape index (κ1) is 14.1. The van der Waals surface area contributed by atoms with Crippen LogP contribution in [0.1, 0.15) is 0 Å². The van der Waals surface area contributed by atoms with Crippen LogP contribution < -0.4 is 10.6 Å². The molecular weight excluding hydrogens is 299 g/mol. The Balaban J connectivity index is 1.55. The van der Waals surface area contributed by atoms with Gasteiger partial charge in [-0.2, -0.15) is 0 Å². The number of hydrogen-bond acceptors (Lipinski definition) is 4. The van der Waals surface area contributed by atoms with Gasteiger partial charge in [0.1, 0.15) is 0 Å². The quantitative estimate of drug-likeness (QED) is 0.887. The number of nitrogens with one attached hydrogen (secondary N) is 2.